The number of aliphatic hydroxyl groups excluding tert-OH is 2. The van der Waals surface area contributed by atoms with Gasteiger partial charge >= 0.3 is 5.97 Å². The quantitative estimate of drug-likeness (QED) is 0.0326. The lowest BCUT2D eigenvalue weighted by molar-refractivity contribution is -0.151. The van der Waals surface area contributed by atoms with Crippen LogP contribution < -0.4 is 5.32 Å². The number of allylic oxidation sites excluding steroid dienone is 2. The average Bonchev–Trinajstić information content (AvgIpc) is 3.16. The molecular weight excluding hydrogens is 671 g/mol. The van der Waals surface area contributed by atoms with Crippen LogP contribution in [-0.4, -0.2) is 46.9 Å². The molecule has 0 saturated heterocycles. The van der Waals surface area contributed by atoms with Crippen molar-refractivity contribution in [1.82, 2.24) is 5.32 Å². The highest BCUT2D eigenvalue weighted by molar-refractivity contribution is 5.77. The van der Waals surface area contributed by atoms with Gasteiger partial charge in [0.1, 0.15) is 6.10 Å². The largest absolute Gasteiger partial charge is 0.462 e. The monoisotopic (exact) mass is 764 g/mol. The van der Waals surface area contributed by atoms with Crippen LogP contribution >= 0.6 is 0 Å². The molecule has 0 spiro atoms. The van der Waals surface area contributed by atoms with Gasteiger partial charge in [-0.1, -0.05) is 213 Å². The first-order valence-electron chi connectivity index (χ1n) is 23.9. The Morgan fingerprint density at radius 2 is 0.907 bits per heavy atom. The number of aliphatic hydroxyl groups is 2. The zero-order chi connectivity index (χ0) is 39.6. The summed E-state index contributed by atoms with van der Waals surface area (Å²) < 4.78 is 5.89. The number of carbonyl (C=O) groups is 2. The summed E-state index contributed by atoms with van der Waals surface area (Å²) in [5, 5.41) is 23.7. The van der Waals surface area contributed by atoms with Crippen molar-refractivity contribution < 1.29 is 24.5 Å². The minimum absolute atomic E-state index is 0.0726. The van der Waals surface area contributed by atoms with E-state index in [9.17, 15) is 19.8 Å². The molecule has 0 heterocycles. The second-order valence-corrected chi connectivity index (χ2v) is 16.5. The van der Waals surface area contributed by atoms with Crippen LogP contribution in [0.25, 0.3) is 0 Å². The molecule has 3 unspecified atom stereocenters. The molecule has 0 aromatic carbocycles. The lowest BCUT2D eigenvalue weighted by Gasteiger charge is -2.24. The normalized spacial score (nSPS) is 13.4. The summed E-state index contributed by atoms with van der Waals surface area (Å²) in [5.41, 5.74) is 0. The number of esters is 1. The second kappa shape index (κ2) is 42.7. The summed E-state index contributed by atoms with van der Waals surface area (Å²) in [7, 11) is 0. The van der Waals surface area contributed by atoms with Crippen LogP contribution in [0, 0.1) is 0 Å². The van der Waals surface area contributed by atoms with E-state index >= 15 is 0 Å². The summed E-state index contributed by atoms with van der Waals surface area (Å²) in [6.45, 7) is 6.44. The molecule has 3 N–H and O–H groups in total. The average molecular weight is 764 g/mol. The van der Waals surface area contributed by atoms with Crippen molar-refractivity contribution in [1.29, 1.82) is 0 Å². The van der Waals surface area contributed by atoms with Gasteiger partial charge in [-0.3, -0.25) is 9.59 Å². The first-order chi connectivity index (χ1) is 26.5. The smallest absolute Gasteiger partial charge is 0.306 e. The van der Waals surface area contributed by atoms with Crippen LogP contribution in [0.1, 0.15) is 258 Å². The number of hydrogen-bond donors (Lipinski definition) is 3. The number of amides is 1. The summed E-state index contributed by atoms with van der Waals surface area (Å²) in [5.74, 6) is -0.480. The summed E-state index contributed by atoms with van der Waals surface area (Å²) in [6, 6.07) is -0.698. The Balaban J connectivity index is 4.47. The predicted molar refractivity (Wildman–Crippen MR) is 232 cm³/mol. The Kier molecular flexibility index (Phi) is 41.6. The highest BCUT2D eigenvalue weighted by Gasteiger charge is 2.24. The highest BCUT2D eigenvalue weighted by atomic mass is 16.5. The highest BCUT2D eigenvalue weighted by Crippen LogP contribution is 2.18. The van der Waals surface area contributed by atoms with Crippen molar-refractivity contribution in [3.63, 3.8) is 0 Å². The Bertz CT molecular complexity index is 817. The molecule has 0 radical (unpaired) electrons. The third kappa shape index (κ3) is 37.5. The van der Waals surface area contributed by atoms with E-state index in [-0.39, 0.29) is 24.9 Å². The predicted octanol–water partition coefficient (Wildman–Crippen LogP) is 13.8. The van der Waals surface area contributed by atoms with Gasteiger partial charge in [0.2, 0.25) is 5.91 Å². The van der Waals surface area contributed by atoms with Crippen molar-refractivity contribution in [3.05, 3.63) is 12.2 Å². The molecule has 54 heavy (non-hydrogen) atoms. The van der Waals surface area contributed by atoms with E-state index < -0.39 is 18.2 Å². The molecule has 6 nitrogen and oxygen atoms in total. The molecule has 1 amide bonds. The van der Waals surface area contributed by atoms with Crippen LogP contribution in [0.15, 0.2) is 12.2 Å². The topological polar surface area (TPSA) is 95.9 Å². The summed E-state index contributed by atoms with van der Waals surface area (Å²) in [4.78, 5) is 25.9. The van der Waals surface area contributed by atoms with E-state index in [1.54, 1.807) is 0 Å². The Labute approximate surface area is 336 Å². The zero-order valence-corrected chi connectivity index (χ0v) is 36.4. The van der Waals surface area contributed by atoms with E-state index in [1.807, 2.05) is 0 Å². The van der Waals surface area contributed by atoms with Gasteiger partial charge in [0.25, 0.3) is 0 Å². The van der Waals surface area contributed by atoms with Crippen molar-refractivity contribution in [3.8, 4) is 0 Å². The van der Waals surface area contributed by atoms with E-state index in [2.05, 4.69) is 38.2 Å². The van der Waals surface area contributed by atoms with Gasteiger partial charge in [-0.25, -0.2) is 0 Å². The molecule has 6 heteroatoms. The number of rotatable bonds is 43. The van der Waals surface area contributed by atoms with Crippen LogP contribution in [0.2, 0.25) is 0 Å². The fraction of sp³-hybridized carbons (Fsp3) is 0.917. The maximum absolute atomic E-state index is 13.1. The Morgan fingerprint density at radius 1 is 0.519 bits per heavy atom. The maximum Gasteiger partial charge on any atom is 0.306 e. The number of hydrogen-bond acceptors (Lipinski definition) is 5. The van der Waals surface area contributed by atoms with Gasteiger partial charge in [0.15, 0.2) is 0 Å². The summed E-state index contributed by atoms with van der Waals surface area (Å²) >= 11 is 0. The Hall–Kier alpha value is -1.40. The van der Waals surface area contributed by atoms with Crippen molar-refractivity contribution >= 4 is 11.9 Å². The van der Waals surface area contributed by atoms with Gasteiger partial charge < -0.3 is 20.3 Å². The molecular formula is C48H93NO5. The number of carbonyl (C=O) groups excluding carboxylic acids is 2. The molecule has 0 aliphatic rings. The minimum atomic E-state index is -0.784. The lowest BCUT2D eigenvalue weighted by Crippen LogP contribution is -2.46. The van der Waals surface area contributed by atoms with Crippen molar-refractivity contribution in [2.75, 3.05) is 6.61 Å². The fourth-order valence-corrected chi connectivity index (χ4v) is 7.41. The first kappa shape index (κ1) is 52.6. The van der Waals surface area contributed by atoms with E-state index in [4.69, 9.17) is 4.74 Å². The first-order valence-corrected chi connectivity index (χ1v) is 23.9. The van der Waals surface area contributed by atoms with Gasteiger partial charge in [0, 0.05) is 6.42 Å². The zero-order valence-electron chi connectivity index (χ0n) is 36.4. The Morgan fingerprint density at radius 3 is 1.37 bits per heavy atom. The second-order valence-electron chi connectivity index (χ2n) is 16.5. The molecule has 0 aromatic heterocycles. The number of nitrogens with one attached hydrogen (secondary N) is 1. The van der Waals surface area contributed by atoms with Gasteiger partial charge in [-0.2, -0.15) is 0 Å². The number of ether oxygens (including phenoxy) is 1. The molecule has 0 saturated carbocycles. The third-order valence-corrected chi connectivity index (χ3v) is 11.1. The summed E-state index contributed by atoms with van der Waals surface area (Å²) in [6.07, 6.45) is 45.6. The van der Waals surface area contributed by atoms with Gasteiger partial charge in [-0.15, -0.1) is 0 Å². The van der Waals surface area contributed by atoms with Crippen LogP contribution in [0.4, 0.5) is 0 Å². The maximum atomic E-state index is 13.1. The van der Waals surface area contributed by atoms with Gasteiger partial charge in [0.05, 0.1) is 25.2 Å². The molecule has 0 aromatic rings. The number of unbranched alkanes of at least 4 members (excludes halogenated alkanes) is 29. The van der Waals surface area contributed by atoms with Crippen LogP contribution in [-0.2, 0) is 14.3 Å². The van der Waals surface area contributed by atoms with Gasteiger partial charge in [-0.05, 0) is 44.9 Å². The molecule has 0 rings (SSSR count). The van der Waals surface area contributed by atoms with E-state index in [0.29, 0.717) is 19.3 Å². The van der Waals surface area contributed by atoms with Crippen molar-refractivity contribution in [2.45, 2.75) is 277 Å². The SMILES string of the molecule is CCCC/C=C\CCCCCC(CC(=O)NC(CO)C(O)CCCCCCCCCCCCCCCC)OC(=O)CCCCCCCCCCCCCC. The third-order valence-electron chi connectivity index (χ3n) is 11.1. The molecule has 3 atom stereocenters. The van der Waals surface area contributed by atoms with E-state index in [0.717, 1.165) is 64.2 Å². The molecule has 0 bridgehead atoms. The fourth-order valence-electron chi connectivity index (χ4n) is 7.41. The lowest BCUT2D eigenvalue weighted by atomic mass is 10.0. The molecule has 320 valence electrons. The standard InChI is InChI=1S/C48H93NO5/c1-4-7-10-13-16-19-21-23-24-25-28-31-34-37-40-46(51)45(43-50)49-47(52)42-44(39-36-33-30-27-18-15-12-9-6-3)54-48(53)41-38-35-32-29-26-22-20-17-14-11-8-5-2/h15,18,44-46,50-51H,4-14,16-17,19-43H2,1-3H3,(H,49,52)/b18-15-. The minimum Gasteiger partial charge on any atom is -0.462 e. The molecule has 0 aliphatic carbocycles. The van der Waals surface area contributed by atoms with Crippen molar-refractivity contribution in [2.24, 2.45) is 0 Å². The molecule has 0 fully saturated rings. The molecule has 0 aliphatic heterocycles. The van der Waals surface area contributed by atoms with E-state index in [1.165, 1.54) is 148 Å². The van der Waals surface area contributed by atoms with Crippen LogP contribution in [0.3, 0.4) is 0 Å². The van der Waals surface area contributed by atoms with Crippen LogP contribution in [0.5, 0.6) is 0 Å².